The lowest BCUT2D eigenvalue weighted by Crippen LogP contribution is -2.47. The summed E-state index contributed by atoms with van der Waals surface area (Å²) >= 11 is 6.18. The van der Waals surface area contributed by atoms with Crippen LogP contribution >= 0.6 is 11.6 Å². The second kappa shape index (κ2) is 9.50. The molecule has 8 heteroatoms. The predicted molar refractivity (Wildman–Crippen MR) is 136 cm³/mol. The van der Waals surface area contributed by atoms with E-state index in [1.807, 2.05) is 42.5 Å². The van der Waals surface area contributed by atoms with Crippen molar-refractivity contribution in [2.75, 3.05) is 48.4 Å². The van der Waals surface area contributed by atoms with Crippen LogP contribution in [0.1, 0.15) is 29.4 Å². The van der Waals surface area contributed by atoms with Crippen molar-refractivity contribution in [3.8, 4) is 5.75 Å². The predicted octanol–water partition coefficient (Wildman–Crippen LogP) is 4.97. The van der Waals surface area contributed by atoms with Crippen molar-refractivity contribution in [2.24, 2.45) is 5.92 Å². The molecule has 1 aliphatic carbocycles. The molecule has 1 atom stereocenters. The number of rotatable bonds is 5. The van der Waals surface area contributed by atoms with Gasteiger partial charge in [0.1, 0.15) is 11.6 Å². The molecule has 1 aliphatic heterocycles. The first-order chi connectivity index (χ1) is 16.5. The van der Waals surface area contributed by atoms with Crippen LogP contribution in [0.2, 0.25) is 5.02 Å². The average Bonchev–Trinajstić information content (AvgIpc) is 2.84. The van der Waals surface area contributed by atoms with E-state index in [1.54, 1.807) is 7.11 Å². The summed E-state index contributed by atoms with van der Waals surface area (Å²) in [6.07, 6.45) is 1.29. The Morgan fingerprint density at radius 2 is 1.74 bits per heavy atom. The van der Waals surface area contributed by atoms with E-state index in [4.69, 9.17) is 26.3 Å². The monoisotopic (exact) mass is 477 g/mol. The van der Waals surface area contributed by atoms with Crippen LogP contribution in [-0.4, -0.2) is 49.0 Å². The fraction of sp³-hybridized carbons (Fsp3) is 0.346. The number of benzene rings is 2. The van der Waals surface area contributed by atoms with Gasteiger partial charge in [-0.1, -0.05) is 24.6 Å². The molecule has 5 rings (SSSR count). The molecule has 1 unspecified atom stereocenters. The van der Waals surface area contributed by atoms with Gasteiger partial charge in [0.05, 0.1) is 18.4 Å². The van der Waals surface area contributed by atoms with Crippen LogP contribution in [0.4, 0.5) is 23.1 Å². The van der Waals surface area contributed by atoms with Crippen molar-refractivity contribution >= 4 is 40.5 Å². The number of nitrogens with one attached hydrogen (secondary N) is 1. The highest BCUT2D eigenvalue weighted by atomic mass is 35.5. The van der Waals surface area contributed by atoms with Gasteiger partial charge >= 0.3 is 0 Å². The van der Waals surface area contributed by atoms with E-state index in [9.17, 15) is 4.79 Å². The Hall–Kier alpha value is -3.32. The molecule has 0 spiro atoms. The zero-order valence-electron chi connectivity index (χ0n) is 19.4. The summed E-state index contributed by atoms with van der Waals surface area (Å²) < 4.78 is 5.26. The summed E-state index contributed by atoms with van der Waals surface area (Å²) in [4.78, 5) is 27.2. The topological polar surface area (TPSA) is 70.6 Å². The van der Waals surface area contributed by atoms with Crippen LogP contribution in [0.5, 0.6) is 5.75 Å². The summed E-state index contributed by atoms with van der Waals surface area (Å²) in [6, 6.07) is 15.6. The van der Waals surface area contributed by atoms with Gasteiger partial charge in [-0.15, -0.1) is 0 Å². The summed E-state index contributed by atoms with van der Waals surface area (Å²) in [6.45, 7) is 5.37. The number of nitrogens with zero attached hydrogens (tertiary/aromatic N) is 4. The number of piperazine rings is 1. The van der Waals surface area contributed by atoms with Gasteiger partial charge in [0.25, 0.3) is 0 Å². The number of aromatic nitrogens is 2. The van der Waals surface area contributed by atoms with Crippen molar-refractivity contribution in [1.29, 1.82) is 0 Å². The molecule has 1 aromatic heterocycles. The quantitative estimate of drug-likeness (QED) is 0.556. The summed E-state index contributed by atoms with van der Waals surface area (Å²) in [5.41, 5.74) is 3.43. The molecule has 0 amide bonds. The number of anilines is 4. The molecule has 176 valence electrons. The Balaban J connectivity index is 1.42. The second-order valence-electron chi connectivity index (χ2n) is 8.94. The van der Waals surface area contributed by atoms with Crippen LogP contribution in [0, 0.1) is 5.92 Å². The van der Waals surface area contributed by atoms with Crippen LogP contribution in [0.15, 0.2) is 48.5 Å². The summed E-state index contributed by atoms with van der Waals surface area (Å²) in [5.74, 6) is 2.40. The number of carbonyl (C=O) groups excluding carboxylic acids is 1. The minimum Gasteiger partial charge on any atom is -0.497 e. The van der Waals surface area contributed by atoms with Crippen LogP contribution in [0.25, 0.3) is 0 Å². The smallest absolute Gasteiger partial charge is 0.227 e. The molecule has 2 aliphatic rings. The number of ketones is 1. The molecule has 2 aromatic carbocycles. The third-order valence-electron chi connectivity index (χ3n) is 6.42. The highest BCUT2D eigenvalue weighted by Crippen LogP contribution is 2.33. The van der Waals surface area contributed by atoms with Gasteiger partial charge in [0.15, 0.2) is 5.78 Å². The van der Waals surface area contributed by atoms with E-state index in [-0.39, 0.29) is 11.7 Å². The molecule has 1 N–H and O–H groups in total. The standard InChI is InChI=1S/C26H28ClN5O2/c1-17-14-22-24(23(33)15-17)25(28-19-6-8-21(34-2)9-7-19)30-26(29-22)32-12-10-31(11-13-32)20-5-3-4-18(27)16-20/h3-9,16-17H,10-15H2,1-2H3,(H,28,29,30). The lowest BCUT2D eigenvalue weighted by Gasteiger charge is -2.36. The van der Waals surface area contributed by atoms with Crippen molar-refractivity contribution in [2.45, 2.75) is 19.8 Å². The van der Waals surface area contributed by atoms with Gasteiger partial charge in [0, 0.05) is 49.0 Å². The molecule has 0 bridgehead atoms. The Morgan fingerprint density at radius 1 is 1.00 bits per heavy atom. The minimum absolute atomic E-state index is 0.0992. The molecule has 2 heterocycles. The number of halogens is 1. The highest BCUT2D eigenvalue weighted by molar-refractivity contribution is 6.30. The zero-order chi connectivity index (χ0) is 23.7. The van der Waals surface area contributed by atoms with E-state index >= 15 is 0 Å². The molecule has 1 saturated heterocycles. The third kappa shape index (κ3) is 4.66. The maximum Gasteiger partial charge on any atom is 0.227 e. The molecule has 1 fully saturated rings. The van der Waals surface area contributed by atoms with Crippen LogP contribution in [0.3, 0.4) is 0 Å². The van der Waals surface area contributed by atoms with Gasteiger partial charge in [-0.05, 0) is 54.8 Å². The fourth-order valence-electron chi connectivity index (χ4n) is 4.64. The molecule has 3 aromatic rings. The summed E-state index contributed by atoms with van der Waals surface area (Å²) in [5, 5.41) is 4.11. The van der Waals surface area contributed by atoms with Crippen molar-refractivity contribution in [3.05, 3.63) is 64.8 Å². The number of hydrogen-bond acceptors (Lipinski definition) is 7. The first kappa shape index (κ1) is 22.5. The van der Waals surface area contributed by atoms with Gasteiger partial charge in [0.2, 0.25) is 5.95 Å². The Kier molecular flexibility index (Phi) is 6.28. The first-order valence-corrected chi connectivity index (χ1v) is 12.0. The Morgan fingerprint density at radius 3 is 2.44 bits per heavy atom. The maximum absolute atomic E-state index is 13.0. The number of methoxy groups -OCH3 is 1. The van der Waals surface area contributed by atoms with E-state index in [2.05, 4.69) is 28.1 Å². The molecule has 0 radical (unpaired) electrons. The van der Waals surface area contributed by atoms with E-state index in [0.29, 0.717) is 23.8 Å². The molecule has 0 saturated carbocycles. The van der Waals surface area contributed by atoms with Gasteiger partial charge in [-0.3, -0.25) is 4.79 Å². The van der Waals surface area contributed by atoms with Gasteiger partial charge < -0.3 is 19.9 Å². The number of ether oxygens (including phenoxy) is 1. The Labute approximate surface area is 204 Å². The molecular formula is C26H28ClN5O2. The third-order valence-corrected chi connectivity index (χ3v) is 6.65. The fourth-order valence-corrected chi connectivity index (χ4v) is 4.82. The normalized spacial score (nSPS) is 18.0. The van der Waals surface area contributed by atoms with E-state index in [1.165, 1.54) is 0 Å². The number of fused-ring (bicyclic) bond motifs is 1. The SMILES string of the molecule is COc1ccc(Nc2nc(N3CCN(c4cccc(Cl)c4)CC3)nc3c2C(=O)CC(C)C3)cc1. The van der Waals surface area contributed by atoms with Crippen LogP contribution < -0.4 is 19.9 Å². The number of Topliss-reactive ketones (excluding diaryl/α,β-unsaturated/α-hetero) is 1. The first-order valence-electron chi connectivity index (χ1n) is 11.6. The van der Waals surface area contributed by atoms with Gasteiger partial charge in [-0.25, -0.2) is 4.98 Å². The summed E-state index contributed by atoms with van der Waals surface area (Å²) in [7, 11) is 1.64. The Bertz CT molecular complexity index is 1190. The molecule has 7 nitrogen and oxygen atoms in total. The van der Waals surface area contributed by atoms with Gasteiger partial charge in [-0.2, -0.15) is 4.98 Å². The van der Waals surface area contributed by atoms with Crippen molar-refractivity contribution < 1.29 is 9.53 Å². The molecule has 34 heavy (non-hydrogen) atoms. The molecular weight excluding hydrogens is 450 g/mol. The van der Waals surface area contributed by atoms with Crippen LogP contribution in [-0.2, 0) is 6.42 Å². The minimum atomic E-state index is 0.0992. The van der Waals surface area contributed by atoms with E-state index in [0.717, 1.165) is 60.4 Å². The zero-order valence-corrected chi connectivity index (χ0v) is 20.2. The lowest BCUT2D eigenvalue weighted by molar-refractivity contribution is 0.0952. The number of hydrogen-bond donors (Lipinski definition) is 1. The van der Waals surface area contributed by atoms with E-state index < -0.39 is 0 Å². The average molecular weight is 478 g/mol. The maximum atomic E-state index is 13.0. The lowest BCUT2D eigenvalue weighted by atomic mass is 9.87. The number of carbonyl (C=O) groups is 1. The van der Waals surface area contributed by atoms with Crippen molar-refractivity contribution in [1.82, 2.24) is 9.97 Å². The highest BCUT2D eigenvalue weighted by Gasteiger charge is 2.30. The largest absolute Gasteiger partial charge is 0.497 e. The second-order valence-corrected chi connectivity index (χ2v) is 9.37. The van der Waals surface area contributed by atoms with Crippen molar-refractivity contribution in [3.63, 3.8) is 0 Å².